The summed E-state index contributed by atoms with van der Waals surface area (Å²) >= 11 is 0. The molecule has 21 N–H and O–H groups in total. The predicted molar refractivity (Wildman–Crippen MR) is 315 cm³/mol. The van der Waals surface area contributed by atoms with Crippen LogP contribution in [0.1, 0.15) is 181 Å². The number of unbranched alkanes of at least 4 members (excludes halogenated alkanes) is 5. The molecule has 0 aliphatic carbocycles. The number of hydrogen-bond donors (Lipinski definition) is 21. The molecule has 3 rings (SSSR count). The summed E-state index contributed by atoms with van der Waals surface area (Å²) in [5, 5.41) is 223. The van der Waals surface area contributed by atoms with E-state index in [4.69, 9.17) is 14.2 Å². The zero-order chi connectivity index (χ0) is 64.4. The highest BCUT2D eigenvalue weighted by Crippen LogP contribution is 2.32. The van der Waals surface area contributed by atoms with Crippen molar-refractivity contribution in [1.82, 2.24) is 0 Å². The van der Waals surface area contributed by atoms with Gasteiger partial charge in [0.25, 0.3) is 0 Å². The van der Waals surface area contributed by atoms with Crippen molar-refractivity contribution in [2.75, 3.05) is 0 Å². The van der Waals surface area contributed by atoms with E-state index in [2.05, 4.69) is 26.2 Å². The van der Waals surface area contributed by atoms with Crippen LogP contribution in [0.15, 0.2) is 37.0 Å². The van der Waals surface area contributed by atoms with E-state index in [0.29, 0.717) is 37.2 Å². The first-order chi connectivity index (χ1) is 40.5. The van der Waals surface area contributed by atoms with Crippen molar-refractivity contribution in [2.45, 2.75) is 346 Å². The van der Waals surface area contributed by atoms with E-state index >= 15 is 0 Å². The van der Waals surface area contributed by atoms with Gasteiger partial charge in [-0.15, -0.1) is 6.58 Å². The lowest BCUT2D eigenvalue weighted by Gasteiger charge is -2.36. The average Bonchev–Trinajstić information content (AvgIpc) is 3.97. The SMILES string of the molecule is C=CCC(C)CCCC/C=C/C(O)CCCCCC[C@@H]1C[C@@H](O)C[C@@H](CC(O)CC(O)CC(O)C(O)C(O)C(O)C(O)C(O)C(O)C(O)C(O)C(O)C(O)CC(O)CC(O)C[C@@H]2C[C@@H](O)C[C@@H](CC(O)CC(=C)CC(O)[C@@H]3C[C@@H](O)[C@H](CC)O3)O2)O1. The van der Waals surface area contributed by atoms with Gasteiger partial charge in [0.2, 0.25) is 0 Å². The maximum Gasteiger partial charge on any atom is 0.111 e. The van der Waals surface area contributed by atoms with Crippen LogP contribution in [-0.2, 0) is 14.2 Å². The third-order valence-corrected chi connectivity index (χ3v) is 17.3. The molecule has 3 heterocycles. The van der Waals surface area contributed by atoms with Gasteiger partial charge in [-0.2, -0.15) is 0 Å². The summed E-state index contributed by atoms with van der Waals surface area (Å²) in [4.78, 5) is 0. The molecular weight excluding hydrogens is 1130 g/mol. The summed E-state index contributed by atoms with van der Waals surface area (Å²) in [7, 11) is 0. The minimum absolute atomic E-state index is 0.0268. The second-order valence-electron chi connectivity index (χ2n) is 25.5. The molecule has 0 aromatic carbocycles. The summed E-state index contributed by atoms with van der Waals surface area (Å²) in [6.45, 7) is 11.8. The number of aliphatic hydroxyl groups is 21. The van der Waals surface area contributed by atoms with E-state index in [1.807, 2.05) is 19.1 Å². The van der Waals surface area contributed by atoms with E-state index in [1.54, 1.807) is 0 Å². The van der Waals surface area contributed by atoms with Crippen LogP contribution in [0.25, 0.3) is 0 Å². The number of hydrogen-bond acceptors (Lipinski definition) is 24. The molecule has 0 bridgehead atoms. The molecule has 3 fully saturated rings. The summed E-state index contributed by atoms with van der Waals surface area (Å²) in [5.74, 6) is 0.642. The van der Waals surface area contributed by atoms with Crippen molar-refractivity contribution in [3.63, 3.8) is 0 Å². The molecule has 0 amide bonds. The van der Waals surface area contributed by atoms with Crippen molar-refractivity contribution in [3.05, 3.63) is 37.0 Å². The zero-order valence-corrected chi connectivity index (χ0v) is 50.8. The minimum atomic E-state index is -2.62. The largest absolute Gasteiger partial charge is 0.393 e. The van der Waals surface area contributed by atoms with Gasteiger partial charge in [0.15, 0.2) is 0 Å². The lowest BCUT2D eigenvalue weighted by Crippen LogP contribution is -2.59. The van der Waals surface area contributed by atoms with Gasteiger partial charge in [-0.25, -0.2) is 0 Å². The molecule has 28 atom stereocenters. The second-order valence-corrected chi connectivity index (χ2v) is 25.5. The quantitative estimate of drug-likeness (QED) is 0.0256. The van der Waals surface area contributed by atoms with Gasteiger partial charge in [0.1, 0.15) is 54.9 Å². The molecule has 0 aromatic heterocycles. The summed E-state index contributed by atoms with van der Waals surface area (Å²) in [6.07, 6.45) is -23.5. The first-order valence-electron chi connectivity index (χ1n) is 31.7. The van der Waals surface area contributed by atoms with Crippen molar-refractivity contribution in [2.24, 2.45) is 5.92 Å². The Hall–Kier alpha value is -1.74. The van der Waals surface area contributed by atoms with Crippen LogP contribution in [0.4, 0.5) is 0 Å². The van der Waals surface area contributed by atoms with Crippen LogP contribution in [0.2, 0.25) is 0 Å². The fourth-order valence-corrected chi connectivity index (χ4v) is 12.3. The monoisotopic (exact) mass is 1240 g/mol. The lowest BCUT2D eigenvalue weighted by molar-refractivity contribution is -0.196. The van der Waals surface area contributed by atoms with Crippen molar-refractivity contribution in [3.8, 4) is 0 Å². The van der Waals surface area contributed by atoms with Crippen LogP contribution in [0.5, 0.6) is 0 Å². The zero-order valence-electron chi connectivity index (χ0n) is 50.8. The third kappa shape index (κ3) is 28.8. The molecule has 19 unspecified atom stereocenters. The van der Waals surface area contributed by atoms with Gasteiger partial charge in [-0.3, -0.25) is 0 Å². The molecule has 3 aliphatic rings. The molecule has 3 aliphatic heterocycles. The van der Waals surface area contributed by atoms with Gasteiger partial charge in [-0.1, -0.05) is 82.8 Å². The first-order valence-corrected chi connectivity index (χ1v) is 31.7. The minimum Gasteiger partial charge on any atom is -0.393 e. The Balaban J connectivity index is 1.35. The Kier molecular flexibility index (Phi) is 37.4. The van der Waals surface area contributed by atoms with Gasteiger partial charge >= 0.3 is 0 Å². The van der Waals surface area contributed by atoms with Gasteiger partial charge in [0.05, 0.1) is 110 Å². The smallest absolute Gasteiger partial charge is 0.111 e. The average molecular weight is 1240 g/mol. The maximum absolute atomic E-state index is 10.8. The van der Waals surface area contributed by atoms with Crippen molar-refractivity contribution in [1.29, 1.82) is 0 Å². The number of aliphatic hydroxyl groups excluding tert-OH is 21. The molecular formula is C62H114O24. The normalized spacial score (nSPS) is 29.9. The second kappa shape index (κ2) is 41.0. The van der Waals surface area contributed by atoms with E-state index in [-0.39, 0.29) is 76.4 Å². The standard InChI is InChI=1S/C62H114O24/c1-5-15-34(3)16-11-7-8-12-17-36(63)18-13-9-10-14-19-44-24-42(69)28-45(84-44)26-38(65)22-40(67)31-50(73)54(75)56(77)58(79)60(81)62(83)61(82)59(80)57(78)55(76)51(74)32-41(68)23-39(66)27-47-30-43(70)29-46(85-47)25-37(64)20-35(4)21-48(71)53-33-49(72)52(6-2)86-53/h5,12,17,34,36-83H,1,4,6-11,13-16,18-33H2,2-3H3/b17-12+/t34?,36?,37?,38?,39?,40?,41?,42-,43+,44-,45-,46-,47-,48?,49-,50?,51?,52+,53+,54?,55?,56?,57?,58?,59?,60?,61?,62?/m1/s1. The third-order valence-electron chi connectivity index (χ3n) is 17.3. The van der Waals surface area contributed by atoms with E-state index < -0.39 is 172 Å². The van der Waals surface area contributed by atoms with E-state index in [0.717, 1.165) is 51.4 Å². The van der Waals surface area contributed by atoms with Gasteiger partial charge in [0, 0.05) is 19.3 Å². The Bertz CT molecular complexity index is 1840. The first kappa shape index (κ1) is 78.5. The highest BCUT2D eigenvalue weighted by atomic mass is 16.5. The molecule has 506 valence electrons. The Morgan fingerprint density at radius 1 is 0.488 bits per heavy atom. The van der Waals surface area contributed by atoms with Crippen LogP contribution < -0.4 is 0 Å². The molecule has 0 saturated carbocycles. The number of rotatable bonds is 45. The van der Waals surface area contributed by atoms with Gasteiger partial charge < -0.3 is 121 Å². The van der Waals surface area contributed by atoms with E-state index in [1.165, 1.54) is 6.42 Å². The lowest BCUT2D eigenvalue weighted by atomic mass is 9.88. The van der Waals surface area contributed by atoms with Crippen molar-refractivity contribution < 1.29 is 121 Å². The van der Waals surface area contributed by atoms with E-state index in [9.17, 15) is 107 Å². The fraction of sp³-hybridized carbons (Fsp3) is 0.903. The highest BCUT2D eigenvalue weighted by Gasteiger charge is 2.45. The van der Waals surface area contributed by atoms with Gasteiger partial charge in [-0.05, 0) is 115 Å². The maximum atomic E-state index is 10.8. The topological polar surface area (TPSA) is 453 Å². The number of allylic oxidation sites excluding steroid dienone is 2. The summed E-state index contributed by atoms with van der Waals surface area (Å²) in [6, 6.07) is 0. The summed E-state index contributed by atoms with van der Waals surface area (Å²) < 4.78 is 17.9. The van der Waals surface area contributed by atoms with Crippen LogP contribution in [0.3, 0.4) is 0 Å². The molecule has 3 saturated heterocycles. The molecule has 86 heavy (non-hydrogen) atoms. The Labute approximate surface area is 508 Å². The Morgan fingerprint density at radius 3 is 1.41 bits per heavy atom. The molecule has 24 nitrogen and oxygen atoms in total. The molecule has 0 radical (unpaired) electrons. The predicted octanol–water partition coefficient (Wildman–Crippen LogP) is -1.04. The van der Waals surface area contributed by atoms with Crippen LogP contribution in [0, 0.1) is 5.92 Å². The van der Waals surface area contributed by atoms with Crippen LogP contribution in [-0.4, -0.2) is 272 Å². The molecule has 0 spiro atoms. The fourth-order valence-electron chi connectivity index (χ4n) is 12.3. The Morgan fingerprint density at radius 2 is 0.930 bits per heavy atom. The molecule has 0 aromatic rings. The highest BCUT2D eigenvalue weighted by molar-refractivity contribution is 5.02. The summed E-state index contributed by atoms with van der Waals surface area (Å²) in [5.41, 5.74) is 0.547. The van der Waals surface area contributed by atoms with Crippen LogP contribution >= 0.6 is 0 Å². The molecule has 24 heteroatoms. The number of ether oxygens (including phenoxy) is 3. The van der Waals surface area contributed by atoms with Crippen molar-refractivity contribution >= 4 is 0 Å².